The minimum Gasteiger partial charge on any atom is -0.504 e. The van der Waals surface area contributed by atoms with Crippen LogP contribution in [0.2, 0.25) is 0 Å². The molecule has 0 aromatic heterocycles. The third-order valence-corrected chi connectivity index (χ3v) is 3.24. The standard InChI is InChI=1S/C16H12FNO2/c17-10-4-3-5-11(8-10)18-14-9-15(19)16(20)13-7-2-1-6-12(13)14/h1-9,14,18-19H/t14-/m1/s1. The van der Waals surface area contributed by atoms with Gasteiger partial charge in [0.2, 0.25) is 5.78 Å². The fourth-order valence-electron chi connectivity index (χ4n) is 2.31. The lowest BCUT2D eigenvalue weighted by atomic mass is 9.91. The van der Waals surface area contributed by atoms with Gasteiger partial charge in [-0.3, -0.25) is 4.79 Å². The van der Waals surface area contributed by atoms with Gasteiger partial charge in [-0.05, 0) is 29.8 Å². The molecule has 2 aromatic rings. The predicted molar refractivity (Wildman–Crippen MR) is 74.2 cm³/mol. The number of rotatable bonds is 2. The van der Waals surface area contributed by atoms with Crippen molar-refractivity contribution in [2.45, 2.75) is 6.04 Å². The topological polar surface area (TPSA) is 49.3 Å². The molecule has 0 saturated heterocycles. The van der Waals surface area contributed by atoms with Gasteiger partial charge in [-0.1, -0.05) is 30.3 Å². The number of aliphatic hydroxyl groups excluding tert-OH is 1. The smallest absolute Gasteiger partial charge is 0.227 e. The highest BCUT2D eigenvalue weighted by molar-refractivity contribution is 6.09. The van der Waals surface area contributed by atoms with Crippen molar-refractivity contribution in [1.29, 1.82) is 0 Å². The molecule has 2 N–H and O–H groups in total. The van der Waals surface area contributed by atoms with Crippen LogP contribution in [-0.2, 0) is 0 Å². The maximum absolute atomic E-state index is 13.2. The highest BCUT2D eigenvalue weighted by Gasteiger charge is 2.26. The predicted octanol–water partition coefficient (Wildman–Crippen LogP) is 3.62. The van der Waals surface area contributed by atoms with Gasteiger partial charge in [0, 0.05) is 11.3 Å². The molecule has 0 radical (unpaired) electrons. The first-order chi connectivity index (χ1) is 9.65. The SMILES string of the molecule is O=C1C(O)=C[C@@H](Nc2cccc(F)c2)c2ccccc21. The Balaban J connectivity index is 1.99. The zero-order valence-electron chi connectivity index (χ0n) is 10.5. The molecule has 20 heavy (non-hydrogen) atoms. The lowest BCUT2D eigenvalue weighted by Gasteiger charge is -2.23. The fourth-order valence-corrected chi connectivity index (χ4v) is 2.31. The van der Waals surface area contributed by atoms with Gasteiger partial charge < -0.3 is 10.4 Å². The summed E-state index contributed by atoms with van der Waals surface area (Å²) in [4.78, 5) is 11.9. The molecule has 1 atom stereocenters. The van der Waals surface area contributed by atoms with Crippen LogP contribution < -0.4 is 5.32 Å². The van der Waals surface area contributed by atoms with Crippen molar-refractivity contribution in [2.24, 2.45) is 0 Å². The van der Waals surface area contributed by atoms with Crippen LogP contribution >= 0.6 is 0 Å². The van der Waals surface area contributed by atoms with E-state index in [2.05, 4.69) is 5.32 Å². The number of anilines is 1. The first-order valence-electron chi connectivity index (χ1n) is 6.21. The van der Waals surface area contributed by atoms with Crippen LogP contribution in [0.25, 0.3) is 0 Å². The van der Waals surface area contributed by atoms with Gasteiger partial charge in [-0.15, -0.1) is 0 Å². The van der Waals surface area contributed by atoms with E-state index >= 15 is 0 Å². The maximum atomic E-state index is 13.2. The summed E-state index contributed by atoms with van der Waals surface area (Å²) in [5.41, 5.74) is 1.81. The Morgan fingerprint density at radius 3 is 2.70 bits per heavy atom. The van der Waals surface area contributed by atoms with E-state index in [1.165, 1.54) is 18.2 Å². The normalized spacial score (nSPS) is 17.4. The van der Waals surface area contributed by atoms with Crippen molar-refractivity contribution in [3.05, 3.63) is 77.3 Å². The molecule has 0 spiro atoms. The Hall–Kier alpha value is -2.62. The molecule has 1 aliphatic carbocycles. The molecule has 0 amide bonds. The van der Waals surface area contributed by atoms with Crippen LogP contribution in [0.1, 0.15) is 22.0 Å². The Bertz CT molecular complexity index is 709. The van der Waals surface area contributed by atoms with Gasteiger partial charge >= 0.3 is 0 Å². The maximum Gasteiger partial charge on any atom is 0.227 e. The summed E-state index contributed by atoms with van der Waals surface area (Å²) in [5, 5.41) is 12.8. The van der Waals surface area contributed by atoms with Crippen LogP contribution in [0.3, 0.4) is 0 Å². The number of hydrogen-bond donors (Lipinski definition) is 2. The molecule has 0 unspecified atom stereocenters. The molecule has 3 rings (SSSR count). The van der Waals surface area contributed by atoms with Crippen molar-refractivity contribution < 1.29 is 14.3 Å². The summed E-state index contributed by atoms with van der Waals surface area (Å²) < 4.78 is 13.2. The van der Waals surface area contributed by atoms with E-state index in [-0.39, 0.29) is 17.6 Å². The van der Waals surface area contributed by atoms with Gasteiger partial charge in [0.25, 0.3) is 0 Å². The van der Waals surface area contributed by atoms with Gasteiger partial charge in [0.05, 0.1) is 6.04 Å². The number of Topliss-reactive ketones (excluding diaryl/α,β-unsaturated/α-hetero) is 1. The Labute approximate surface area is 115 Å². The second kappa shape index (κ2) is 4.81. The number of halogens is 1. The molecule has 4 heteroatoms. The molecule has 1 aliphatic rings. The second-order valence-electron chi connectivity index (χ2n) is 4.60. The van der Waals surface area contributed by atoms with E-state index in [9.17, 15) is 14.3 Å². The zero-order valence-corrected chi connectivity index (χ0v) is 10.5. The molecule has 0 aliphatic heterocycles. The summed E-state index contributed by atoms with van der Waals surface area (Å²) in [5.74, 6) is -1.03. The van der Waals surface area contributed by atoms with E-state index in [0.29, 0.717) is 11.3 Å². The zero-order chi connectivity index (χ0) is 14.1. The molecular weight excluding hydrogens is 257 g/mol. The third kappa shape index (κ3) is 2.16. The van der Waals surface area contributed by atoms with Crippen molar-refractivity contribution in [3.8, 4) is 0 Å². The number of nitrogens with one attached hydrogen (secondary N) is 1. The number of aliphatic hydroxyl groups is 1. The van der Waals surface area contributed by atoms with Crippen LogP contribution in [0.15, 0.2) is 60.4 Å². The van der Waals surface area contributed by atoms with Crippen molar-refractivity contribution in [1.82, 2.24) is 0 Å². The summed E-state index contributed by atoms with van der Waals surface area (Å²) in [6.07, 6.45) is 1.44. The van der Waals surface area contributed by atoms with E-state index in [0.717, 1.165) is 5.56 Å². The summed E-state index contributed by atoms with van der Waals surface area (Å²) in [6.45, 7) is 0. The Morgan fingerprint density at radius 2 is 1.90 bits per heavy atom. The van der Waals surface area contributed by atoms with Crippen LogP contribution in [-0.4, -0.2) is 10.9 Å². The first kappa shape index (κ1) is 12.4. The minimum atomic E-state index is -0.391. The van der Waals surface area contributed by atoms with Gasteiger partial charge in [-0.25, -0.2) is 4.39 Å². The highest BCUT2D eigenvalue weighted by Crippen LogP contribution is 2.30. The summed E-state index contributed by atoms with van der Waals surface area (Å²) in [7, 11) is 0. The molecule has 0 fully saturated rings. The Kier molecular flexibility index (Phi) is 2.99. The van der Waals surface area contributed by atoms with Crippen molar-refractivity contribution in [3.63, 3.8) is 0 Å². The fraction of sp³-hybridized carbons (Fsp3) is 0.0625. The summed E-state index contributed by atoms with van der Waals surface area (Å²) >= 11 is 0. The lowest BCUT2D eigenvalue weighted by molar-refractivity contribution is 0.0971. The van der Waals surface area contributed by atoms with Gasteiger partial charge in [-0.2, -0.15) is 0 Å². The number of carbonyl (C=O) groups is 1. The largest absolute Gasteiger partial charge is 0.504 e. The number of allylic oxidation sites excluding steroid dienone is 1. The van der Waals surface area contributed by atoms with Crippen LogP contribution in [0, 0.1) is 5.82 Å². The molecule has 2 aromatic carbocycles. The van der Waals surface area contributed by atoms with Crippen LogP contribution in [0.5, 0.6) is 0 Å². The van der Waals surface area contributed by atoms with Gasteiger partial charge in [0.15, 0.2) is 5.76 Å². The average Bonchev–Trinajstić information content (AvgIpc) is 2.45. The molecule has 3 nitrogen and oxygen atoms in total. The Morgan fingerprint density at radius 1 is 1.10 bits per heavy atom. The third-order valence-electron chi connectivity index (χ3n) is 3.24. The average molecular weight is 269 g/mol. The number of ketones is 1. The van der Waals surface area contributed by atoms with Crippen LogP contribution in [0.4, 0.5) is 10.1 Å². The van der Waals surface area contributed by atoms with Crippen molar-refractivity contribution >= 4 is 11.5 Å². The number of hydrogen-bond acceptors (Lipinski definition) is 3. The van der Waals surface area contributed by atoms with E-state index < -0.39 is 5.78 Å². The highest BCUT2D eigenvalue weighted by atomic mass is 19.1. The minimum absolute atomic E-state index is 0.294. The number of fused-ring (bicyclic) bond motifs is 1. The first-order valence-corrected chi connectivity index (χ1v) is 6.21. The van der Waals surface area contributed by atoms with E-state index in [1.807, 2.05) is 12.1 Å². The van der Waals surface area contributed by atoms with Crippen molar-refractivity contribution in [2.75, 3.05) is 5.32 Å². The lowest BCUT2D eigenvalue weighted by Crippen LogP contribution is -2.20. The molecular formula is C16H12FNO2. The monoisotopic (exact) mass is 269 g/mol. The number of benzene rings is 2. The molecule has 0 bridgehead atoms. The summed E-state index contributed by atoms with van der Waals surface area (Å²) in [6, 6.07) is 12.7. The quantitative estimate of drug-likeness (QED) is 0.875. The molecule has 0 saturated carbocycles. The second-order valence-corrected chi connectivity index (χ2v) is 4.60. The van der Waals surface area contributed by atoms with Gasteiger partial charge in [0.1, 0.15) is 5.82 Å². The number of carbonyl (C=O) groups excluding carboxylic acids is 1. The van der Waals surface area contributed by atoms with E-state index in [4.69, 9.17) is 0 Å². The molecule has 0 heterocycles. The van der Waals surface area contributed by atoms with E-state index in [1.54, 1.807) is 24.3 Å². The molecule has 100 valence electrons.